The molecule has 1 aromatic carbocycles. The Bertz CT molecular complexity index is 484. The predicted octanol–water partition coefficient (Wildman–Crippen LogP) is 2.42. The lowest BCUT2D eigenvalue weighted by Crippen LogP contribution is -2.45. The van der Waals surface area contributed by atoms with E-state index in [0.717, 1.165) is 43.9 Å². The van der Waals surface area contributed by atoms with Gasteiger partial charge in [-0.05, 0) is 37.5 Å². The summed E-state index contributed by atoms with van der Waals surface area (Å²) in [6.45, 7) is 5.94. The topological polar surface area (TPSA) is 60.0 Å². The molecule has 6 nitrogen and oxygen atoms in total. The molecular formula is C18H28N2O4. The predicted molar refractivity (Wildman–Crippen MR) is 92.3 cm³/mol. The van der Waals surface area contributed by atoms with Crippen LogP contribution in [0.3, 0.4) is 0 Å². The maximum absolute atomic E-state index is 12.2. The van der Waals surface area contributed by atoms with Gasteiger partial charge in [0.2, 0.25) is 0 Å². The number of nitrogens with zero attached hydrogens (tertiary/aromatic N) is 1. The highest BCUT2D eigenvalue weighted by Crippen LogP contribution is 2.14. The van der Waals surface area contributed by atoms with Crippen LogP contribution in [-0.4, -0.2) is 57.1 Å². The van der Waals surface area contributed by atoms with Crippen molar-refractivity contribution < 1.29 is 19.0 Å². The van der Waals surface area contributed by atoms with Gasteiger partial charge in [0.15, 0.2) is 0 Å². The molecule has 1 aromatic rings. The van der Waals surface area contributed by atoms with Gasteiger partial charge >= 0.3 is 6.03 Å². The minimum atomic E-state index is -0.0152. The third kappa shape index (κ3) is 6.02. The van der Waals surface area contributed by atoms with E-state index in [-0.39, 0.29) is 12.1 Å². The zero-order valence-corrected chi connectivity index (χ0v) is 14.6. The average molecular weight is 336 g/mol. The molecule has 0 aliphatic carbocycles. The number of hydrogen-bond donors (Lipinski definition) is 1. The number of methoxy groups -OCH3 is 1. The SMILES string of the molecule is CCOCCOC1CCN(C(=O)NCc2ccc(OC)cc2)CC1. The summed E-state index contributed by atoms with van der Waals surface area (Å²) in [5.41, 5.74) is 1.05. The molecule has 0 spiro atoms. The molecule has 0 bridgehead atoms. The summed E-state index contributed by atoms with van der Waals surface area (Å²) in [7, 11) is 1.64. The number of nitrogens with one attached hydrogen (secondary N) is 1. The molecular weight excluding hydrogens is 308 g/mol. The summed E-state index contributed by atoms with van der Waals surface area (Å²) < 4.78 is 16.2. The molecule has 1 N–H and O–H groups in total. The number of hydrogen-bond acceptors (Lipinski definition) is 4. The van der Waals surface area contributed by atoms with Crippen LogP contribution in [0.5, 0.6) is 5.75 Å². The minimum absolute atomic E-state index is 0.0152. The van der Waals surface area contributed by atoms with Crippen LogP contribution in [0.2, 0.25) is 0 Å². The molecule has 1 aliphatic heterocycles. The van der Waals surface area contributed by atoms with Crippen LogP contribution in [0.1, 0.15) is 25.3 Å². The molecule has 24 heavy (non-hydrogen) atoms. The number of piperidine rings is 1. The van der Waals surface area contributed by atoms with E-state index >= 15 is 0 Å². The monoisotopic (exact) mass is 336 g/mol. The van der Waals surface area contributed by atoms with Crippen molar-refractivity contribution in [3.8, 4) is 5.75 Å². The quantitative estimate of drug-likeness (QED) is 0.741. The van der Waals surface area contributed by atoms with Crippen molar-refractivity contribution in [2.45, 2.75) is 32.4 Å². The second-order valence-electron chi connectivity index (χ2n) is 5.76. The van der Waals surface area contributed by atoms with Crippen LogP contribution in [0.15, 0.2) is 24.3 Å². The molecule has 1 heterocycles. The van der Waals surface area contributed by atoms with Crippen molar-refractivity contribution in [3.05, 3.63) is 29.8 Å². The molecule has 1 fully saturated rings. The van der Waals surface area contributed by atoms with Gasteiger partial charge in [-0.25, -0.2) is 4.79 Å². The third-order valence-corrected chi connectivity index (χ3v) is 4.12. The zero-order valence-electron chi connectivity index (χ0n) is 14.6. The van der Waals surface area contributed by atoms with Crippen molar-refractivity contribution in [1.82, 2.24) is 10.2 Å². The van der Waals surface area contributed by atoms with Crippen LogP contribution in [0, 0.1) is 0 Å². The van der Waals surface area contributed by atoms with E-state index < -0.39 is 0 Å². The molecule has 2 amide bonds. The second-order valence-corrected chi connectivity index (χ2v) is 5.76. The van der Waals surface area contributed by atoms with E-state index in [2.05, 4.69) is 5.32 Å². The summed E-state index contributed by atoms with van der Waals surface area (Å²) in [5, 5.41) is 2.97. The maximum atomic E-state index is 12.2. The Labute approximate surface area is 144 Å². The first-order chi connectivity index (χ1) is 11.7. The highest BCUT2D eigenvalue weighted by atomic mass is 16.5. The van der Waals surface area contributed by atoms with Crippen molar-refractivity contribution in [3.63, 3.8) is 0 Å². The Hall–Kier alpha value is -1.79. The van der Waals surface area contributed by atoms with Crippen LogP contribution < -0.4 is 10.1 Å². The van der Waals surface area contributed by atoms with Crippen molar-refractivity contribution in [2.24, 2.45) is 0 Å². The Kier molecular flexibility index (Phi) is 7.85. The number of carbonyl (C=O) groups excluding carboxylic acids is 1. The van der Waals surface area contributed by atoms with Gasteiger partial charge < -0.3 is 24.4 Å². The molecule has 6 heteroatoms. The molecule has 0 saturated carbocycles. The fourth-order valence-corrected chi connectivity index (χ4v) is 2.68. The maximum Gasteiger partial charge on any atom is 0.317 e. The van der Waals surface area contributed by atoms with Gasteiger partial charge in [0.05, 0.1) is 26.4 Å². The molecule has 134 valence electrons. The van der Waals surface area contributed by atoms with Gasteiger partial charge in [0.25, 0.3) is 0 Å². The number of rotatable bonds is 8. The average Bonchev–Trinajstić information content (AvgIpc) is 2.64. The van der Waals surface area contributed by atoms with E-state index in [0.29, 0.717) is 19.8 Å². The first-order valence-electron chi connectivity index (χ1n) is 8.58. The molecule has 0 radical (unpaired) electrons. The number of benzene rings is 1. The molecule has 0 aromatic heterocycles. The van der Waals surface area contributed by atoms with Crippen LogP contribution in [-0.2, 0) is 16.0 Å². The smallest absolute Gasteiger partial charge is 0.317 e. The molecule has 0 unspecified atom stereocenters. The Morgan fingerprint density at radius 1 is 1.21 bits per heavy atom. The molecule has 1 saturated heterocycles. The lowest BCUT2D eigenvalue weighted by atomic mass is 10.1. The summed E-state index contributed by atoms with van der Waals surface area (Å²) in [4.78, 5) is 14.1. The number of likely N-dealkylation sites (tertiary alicyclic amines) is 1. The van der Waals surface area contributed by atoms with Crippen molar-refractivity contribution in [2.75, 3.05) is 40.0 Å². The highest BCUT2D eigenvalue weighted by Gasteiger charge is 2.22. The number of ether oxygens (including phenoxy) is 3. The van der Waals surface area contributed by atoms with Crippen molar-refractivity contribution in [1.29, 1.82) is 0 Å². The minimum Gasteiger partial charge on any atom is -0.497 e. The van der Waals surface area contributed by atoms with Crippen LogP contribution >= 0.6 is 0 Å². The third-order valence-electron chi connectivity index (χ3n) is 4.12. The zero-order chi connectivity index (χ0) is 17.2. The Balaban J connectivity index is 1.65. The van der Waals surface area contributed by atoms with E-state index in [4.69, 9.17) is 14.2 Å². The Morgan fingerprint density at radius 3 is 2.54 bits per heavy atom. The summed E-state index contributed by atoms with van der Waals surface area (Å²) in [5.74, 6) is 0.816. The number of amides is 2. The molecule has 1 aliphatic rings. The van der Waals surface area contributed by atoms with Gasteiger partial charge in [-0.2, -0.15) is 0 Å². The summed E-state index contributed by atoms with van der Waals surface area (Å²) in [6, 6.07) is 7.69. The Morgan fingerprint density at radius 2 is 1.92 bits per heavy atom. The van der Waals surface area contributed by atoms with Gasteiger partial charge in [-0.1, -0.05) is 12.1 Å². The van der Waals surface area contributed by atoms with Gasteiger partial charge in [0, 0.05) is 26.2 Å². The largest absolute Gasteiger partial charge is 0.497 e. The van der Waals surface area contributed by atoms with Crippen molar-refractivity contribution >= 4 is 6.03 Å². The van der Waals surface area contributed by atoms with E-state index in [1.54, 1.807) is 7.11 Å². The van der Waals surface area contributed by atoms with E-state index in [9.17, 15) is 4.79 Å². The summed E-state index contributed by atoms with van der Waals surface area (Å²) >= 11 is 0. The second kappa shape index (κ2) is 10.2. The van der Waals surface area contributed by atoms with Crippen LogP contribution in [0.25, 0.3) is 0 Å². The summed E-state index contributed by atoms with van der Waals surface area (Å²) in [6.07, 6.45) is 1.99. The lowest BCUT2D eigenvalue weighted by Gasteiger charge is -2.32. The van der Waals surface area contributed by atoms with Gasteiger partial charge in [-0.3, -0.25) is 0 Å². The lowest BCUT2D eigenvalue weighted by molar-refractivity contribution is -0.0158. The standard InChI is InChI=1S/C18H28N2O4/c1-3-23-12-13-24-17-8-10-20(11-9-17)18(21)19-14-15-4-6-16(22-2)7-5-15/h4-7,17H,3,8-14H2,1-2H3,(H,19,21). The van der Waals surface area contributed by atoms with Crippen LogP contribution in [0.4, 0.5) is 4.79 Å². The highest BCUT2D eigenvalue weighted by molar-refractivity contribution is 5.74. The first kappa shape index (κ1) is 18.5. The molecule has 0 atom stereocenters. The number of carbonyl (C=O) groups is 1. The first-order valence-corrected chi connectivity index (χ1v) is 8.58. The fraction of sp³-hybridized carbons (Fsp3) is 0.611. The molecule has 2 rings (SSSR count). The fourth-order valence-electron chi connectivity index (χ4n) is 2.68. The van der Waals surface area contributed by atoms with Gasteiger partial charge in [-0.15, -0.1) is 0 Å². The van der Waals surface area contributed by atoms with E-state index in [1.807, 2.05) is 36.1 Å². The normalized spacial score (nSPS) is 15.3. The van der Waals surface area contributed by atoms with E-state index in [1.165, 1.54) is 0 Å². The van der Waals surface area contributed by atoms with Gasteiger partial charge in [0.1, 0.15) is 5.75 Å². The number of urea groups is 1.